The van der Waals surface area contributed by atoms with E-state index in [9.17, 15) is 19.5 Å². The van der Waals surface area contributed by atoms with Crippen LogP contribution >= 0.6 is 0 Å². The van der Waals surface area contributed by atoms with Crippen LogP contribution in [-0.4, -0.2) is 47.8 Å². The van der Waals surface area contributed by atoms with Crippen molar-refractivity contribution in [3.63, 3.8) is 0 Å². The van der Waals surface area contributed by atoms with Crippen molar-refractivity contribution < 1.29 is 34.1 Å². The van der Waals surface area contributed by atoms with E-state index in [-0.39, 0.29) is 30.0 Å². The van der Waals surface area contributed by atoms with Crippen LogP contribution in [0.25, 0.3) is 0 Å². The fourth-order valence-electron chi connectivity index (χ4n) is 9.59. The van der Waals surface area contributed by atoms with E-state index < -0.39 is 11.9 Å². The van der Waals surface area contributed by atoms with Crippen LogP contribution in [0.1, 0.15) is 107 Å². The standard InChI is InChI=1S/C34H48O7/c1-33-15-13-24(35)20-23(33)19-22(31-26-10-12-29(36)34(26,2)16-14-27(31)33)7-4-6-21-9-11-28(25(18-21)32(39)40-3)41-17-5-8-30(37)38/h9,11,18,22-23,26-27,29,31,36H,4-8,10,12-17,19-20H2,1-3H3,(H,37,38)/t22-,23+,26+,27+,29+,31+,33+,34+/m1/s1. The highest BCUT2D eigenvalue weighted by molar-refractivity contribution is 5.92. The Labute approximate surface area is 244 Å². The summed E-state index contributed by atoms with van der Waals surface area (Å²) in [4.78, 5) is 35.9. The predicted octanol–water partition coefficient (Wildman–Crippen LogP) is 6.24. The Morgan fingerprint density at radius 2 is 1.83 bits per heavy atom. The SMILES string of the molecule is COC(=O)c1cc(CCC[C@@H]2C[C@H]3CC(=O)CC[C@]3(C)[C@H]3CC[C@]4(C)[C@@H](O)CC[C@H]4[C@H]23)ccc1OCCCC(=O)O. The molecule has 0 amide bonds. The van der Waals surface area contributed by atoms with Crippen molar-refractivity contribution in [1.82, 2.24) is 0 Å². The molecule has 4 aliphatic carbocycles. The van der Waals surface area contributed by atoms with Gasteiger partial charge in [0.25, 0.3) is 0 Å². The normalized spacial score (nSPS) is 36.1. The van der Waals surface area contributed by atoms with Gasteiger partial charge in [-0.05, 0) is 122 Å². The summed E-state index contributed by atoms with van der Waals surface area (Å²) in [6.07, 6.45) is 11.0. The van der Waals surface area contributed by atoms with Crippen molar-refractivity contribution in [2.75, 3.05) is 13.7 Å². The number of aliphatic hydroxyl groups is 1. The predicted molar refractivity (Wildman–Crippen MR) is 155 cm³/mol. The highest BCUT2D eigenvalue weighted by Gasteiger charge is 2.62. The minimum Gasteiger partial charge on any atom is -0.493 e. The van der Waals surface area contributed by atoms with Gasteiger partial charge in [0.15, 0.2) is 0 Å². The highest BCUT2D eigenvalue weighted by Crippen LogP contribution is 2.67. The zero-order valence-corrected chi connectivity index (χ0v) is 25.0. The molecule has 0 aromatic heterocycles. The Balaban J connectivity index is 1.30. The van der Waals surface area contributed by atoms with Crippen LogP contribution in [-0.2, 0) is 20.7 Å². The average Bonchev–Trinajstić information content (AvgIpc) is 3.25. The van der Waals surface area contributed by atoms with Crippen molar-refractivity contribution >= 4 is 17.7 Å². The number of ether oxygens (including phenoxy) is 2. The number of carbonyl (C=O) groups is 3. The quantitative estimate of drug-likeness (QED) is 0.254. The molecule has 7 heteroatoms. The third-order valence-electron chi connectivity index (χ3n) is 11.9. The van der Waals surface area contributed by atoms with Gasteiger partial charge in [0.05, 0.1) is 19.8 Å². The van der Waals surface area contributed by atoms with Gasteiger partial charge >= 0.3 is 11.9 Å². The molecule has 0 bridgehead atoms. The number of carbonyl (C=O) groups excluding carboxylic acids is 2. The molecular formula is C34H48O7. The maximum atomic E-state index is 12.5. The van der Waals surface area contributed by atoms with Crippen molar-refractivity contribution in [3.05, 3.63) is 29.3 Å². The van der Waals surface area contributed by atoms with Gasteiger partial charge in [-0.25, -0.2) is 4.79 Å². The van der Waals surface area contributed by atoms with Crippen molar-refractivity contribution in [3.8, 4) is 5.75 Å². The van der Waals surface area contributed by atoms with Crippen molar-refractivity contribution in [1.29, 1.82) is 0 Å². The maximum absolute atomic E-state index is 12.5. The van der Waals surface area contributed by atoms with Crippen LogP contribution in [0.3, 0.4) is 0 Å². The summed E-state index contributed by atoms with van der Waals surface area (Å²) in [5.74, 6) is 2.33. The van der Waals surface area contributed by atoms with Gasteiger partial charge in [0.2, 0.25) is 0 Å². The molecule has 0 saturated heterocycles. The number of ketones is 1. The molecule has 0 radical (unpaired) electrons. The minimum absolute atomic E-state index is 0.0157. The first kappa shape index (κ1) is 30.1. The van der Waals surface area contributed by atoms with Crippen LogP contribution in [0, 0.1) is 40.4 Å². The van der Waals surface area contributed by atoms with Crippen LogP contribution in [0.2, 0.25) is 0 Å². The topological polar surface area (TPSA) is 110 Å². The number of fused-ring (bicyclic) bond motifs is 5. The first-order chi connectivity index (χ1) is 19.6. The van der Waals surface area contributed by atoms with Gasteiger partial charge in [0, 0.05) is 19.3 Å². The van der Waals surface area contributed by atoms with E-state index in [0.29, 0.717) is 53.1 Å². The number of Topliss-reactive ketones (excluding diaryl/α,β-unsaturated/α-hetero) is 1. The number of carboxylic acids is 1. The lowest BCUT2D eigenvalue weighted by Crippen LogP contribution is -2.57. The Morgan fingerprint density at radius 1 is 1.05 bits per heavy atom. The number of aryl methyl sites for hydroxylation is 1. The summed E-state index contributed by atoms with van der Waals surface area (Å²) in [5, 5.41) is 19.9. The lowest BCUT2D eigenvalue weighted by Gasteiger charge is -2.62. The molecule has 1 aromatic rings. The maximum Gasteiger partial charge on any atom is 0.341 e. The molecule has 4 fully saturated rings. The third-order valence-corrected chi connectivity index (χ3v) is 11.9. The average molecular weight is 569 g/mol. The van der Waals surface area contributed by atoms with E-state index in [1.54, 1.807) is 6.07 Å². The van der Waals surface area contributed by atoms with Crippen LogP contribution in [0.5, 0.6) is 5.75 Å². The molecule has 0 unspecified atom stereocenters. The van der Waals surface area contributed by atoms with E-state index in [4.69, 9.17) is 14.6 Å². The van der Waals surface area contributed by atoms with Gasteiger partial charge in [-0.3, -0.25) is 9.59 Å². The Kier molecular flexibility index (Phi) is 8.84. The molecule has 0 spiro atoms. The fourth-order valence-corrected chi connectivity index (χ4v) is 9.59. The Morgan fingerprint density at radius 3 is 2.59 bits per heavy atom. The number of benzene rings is 1. The van der Waals surface area contributed by atoms with Gasteiger partial charge in [-0.2, -0.15) is 0 Å². The summed E-state index contributed by atoms with van der Waals surface area (Å²) in [5.41, 5.74) is 1.68. The third kappa shape index (κ3) is 5.80. The number of methoxy groups -OCH3 is 1. The lowest BCUT2D eigenvalue weighted by molar-refractivity contribution is -0.156. The molecule has 0 aliphatic heterocycles. The minimum atomic E-state index is -0.872. The van der Waals surface area contributed by atoms with E-state index in [0.717, 1.165) is 69.8 Å². The smallest absolute Gasteiger partial charge is 0.341 e. The fraction of sp³-hybridized carbons (Fsp3) is 0.735. The number of rotatable bonds is 10. The van der Waals surface area contributed by atoms with E-state index in [1.165, 1.54) is 13.5 Å². The molecule has 4 saturated carbocycles. The van der Waals surface area contributed by atoms with Crippen molar-refractivity contribution in [2.45, 2.75) is 103 Å². The Hall–Kier alpha value is -2.41. The second-order valence-corrected chi connectivity index (χ2v) is 13.9. The van der Waals surface area contributed by atoms with E-state index in [1.807, 2.05) is 12.1 Å². The molecule has 41 heavy (non-hydrogen) atoms. The summed E-state index contributed by atoms with van der Waals surface area (Å²) in [7, 11) is 1.35. The van der Waals surface area contributed by atoms with E-state index in [2.05, 4.69) is 13.8 Å². The molecular weight excluding hydrogens is 520 g/mol. The number of hydrogen-bond donors (Lipinski definition) is 2. The molecule has 8 atom stereocenters. The van der Waals surface area contributed by atoms with Crippen LogP contribution in [0.4, 0.5) is 0 Å². The summed E-state index contributed by atoms with van der Waals surface area (Å²) < 4.78 is 10.7. The molecule has 7 nitrogen and oxygen atoms in total. The van der Waals surface area contributed by atoms with Gasteiger partial charge < -0.3 is 19.7 Å². The molecule has 2 N–H and O–H groups in total. The first-order valence-electron chi connectivity index (χ1n) is 15.8. The van der Waals surface area contributed by atoms with Crippen molar-refractivity contribution in [2.24, 2.45) is 40.4 Å². The molecule has 0 heterocycles. The molecule has 5 rings (SSSR count). The molecule has 4 aliphatic rings. The second-order valence-electron chi connectivity index (χ2n) is 13.9. The highest BCUT2D eigenvalue weighted by atomic mass is 16.5. The number of hydrogen-bond acceptors (Lipinski definition) is 6. The number of esters is 1. The summed E-state index contributed by atoms with van der Waals surface area (Å²) >= 11 is 0. The number of carboxylic acid groups (broad SMARTS) is 1. The zero-order valence-electron chi connectivity index (χ0n) is 25.0. The first-order valence-corrected chi connectivity index (χ1v) is 15.8. The van der Waals surface area contributed by atoms with E-state index >= 15 is 0 Å². The van der Waals surface area contributed by atoms with Gasteiger partial charge in [-0.15, -0.1) is 0 Å². The molecule has 226 valence electrons. The summed E-state index contributed by atoms with van der Waals surface area (Å²) in [6.45, 7) is 5.03. The zero-order chi connectivity index (χ0) is 29.4. The van der Waals surface area contributed by atoms with Gasteiger partial charge in [-0.1, -0.05) is 19.9 Å². The number of aliphatic carboxylic acids is 1. The summed E-state index contributed by atoms with van der Waals surface area (Å²) in [6, 6.07) is 5.64. The Bertz CT molecular complexity index is 1150. The lowest BCUT2D eigenvalue weighted by atomic mass is 9.42. The molecule has 1 aromatic carbocycles. The monoisotopic (exact) mass is 568 g/mol. The van der Waals surface area contributed by atoms with Gasteiger partial charge in [0.1, 0.15) is 17.1 Å². The largest absolute Gasteiger partial charge is 0.493 e. The van der Waals surface area contributed by atoms with Crippen LogP contribution in [0.15, 0.2) is 18.2 Å². The van der Waals surface area contributed by atoms with Crippen LogP contribution < -0.4 is 4.74 Å². The second kappa shape index (κ2) is 12.1. The number of aliphatic hydroxyl groups excluding tert-OH is 1.